The Bertz CT molecular complexity index is 1010. The van der Waals surface area contributed by atoms with Crippen molar-refractivity contribution in [3.63, 3.8) is 0 Å². The minimum Gasteiger partial charge on any atom is -0.486 e. The van der Waals surface area contributed by atoms with Crippen LogP contribution < -0.4 is 9.64 Å². The predicted octanol–water partition coefficient (Wildman–Crippen LogP) is 3.35. The third-order valence-electron chi connectivity index (χ3n) is 6.08. The second-order valence-corrected chi connectivity index (χ2v) is 7.78. The largest absolute Gasteiger partial charge is 0.486 e. The van der Waals surface area contributed by atoms with Crippen LogP contribution in [0.3, 0.4) is 0 Å². The van der Waals surface area contributed by atoms with E-state index in [-0.39, 0.29) is 54.5 Å². The lowest BCUT2D eigenvalue weighted by molar-refractivity contribution is -0.123. The summed E-state index contributed by atoms with van der Waals surface area (Å²) in [6, 6.07) is 10.1. The van der Waals surface area contributed by atoms with Gasteiger partial charge in [0.25, 0.3) is 0 Å². The van der Waals surface area contributed by atoms with Gasteiger partial charge in [-0.2, -0.15) is 0 Å². The van der Waals surface area contributed by atoms with Gasteiger partial charge >= 0.3 is 5.97 Å². The molecule has 30 heavy (non-hydrogen) atoms. The lowest BCUT2D eigenvalue weighted by Gasteiger charge is -2.17. The van der Waals surface area contributed by atoms with Crippen molar-refractivity contribution < 1.29 is 28.3 Å². The molecule has 4 atom stereocenters. The summed E-state index contributed by atoms with van der Waals surface area (Å²) in [6.45, 7) is 2.14. The molecule has 2 fully saturated rings. The van der Waals surface area contributed by atoms with Crippen LogP contribution in [0.15, 0.2) is 53.0 Å². The maximum absolute atomic E-state index is 12.9. The van der Waals surface area contributed by atoms with Gasteiger partial charge in [-0.05, 0) is 61.6 Å². The molecule has 154 valence electrons. The summed E-state index contributed by atoms with van der Waals surface area (Å²) in [7, 11) is 0. The van der Waals surface area contributed by atoms with Crippen LogP contribution in [0.1, 0.15) is 29.7 Å². The highest BCUT2D eigenvalue weighted by Gasteiger charge is 2.59. The number of amides is 2. The number of carbonyl (C=O) groups excluding carboxylic acids is 3. The van der Waals surface area contributed by atoms with Crippen LogP contribution in [-0.4, -0.2) is 24.4 Å². The van der Waals surface area contributed by atoms with Gasteiger partial charge in [0.1, 0.15) is 18.1 Å². The lowest BCUT2D eigenvalue weighted by Crippen LogP contribution is -2.32. The first kappa shape index (κ1) is 18.7. The maximum Gasteiger partial charge on any atom is 0.374 e. The number of ether oxygens (including phenoxy) is 2. The van der Waals surface area contributed by atoms with Crippen LogP contribution in [0.2, 0.25) is 0 Å². The van der Waals surface area contributed by atoms with Gasteiger partial charge in [0.15, 0.2) is 0 Å². The number of imide groups is 1. The van der Waals surface area contributed by atoms with Crippen LogP contribution in [0, 0.1) is 23.7 Å². The van der Waals surface area contributed by atoms with E-state index in [1.807, 2.05) is 0 Å². The zero-order chi connectivity index (χ0) is 20.8. The minimum atomic E-state index is -0.513. The van der Waals surface area contributed by atoms with E-state index in [0.29, 0.717) is 17.2 Å². The van der Waals surface area contributed by atoms with E-state index in [1.54, 1.807) is 43.3 Å². The van der Waals surface area contributed by atoms with E-state index < -0.39 is 5.97 Å². The van der Waals surface area contributed by atoms with E-state index >= 15 is 0 Å². The number of esters is 1. The van der Waals surface area contributed by atoms with Crippen molar-refractivity contribution >= 4 is 23.5 Å². The SMILES string of the molecule is CCOC(=O)c1ccc(COc2ccc(N3C(=O)[C@@H]4[C@H](C3=O)[C@H]3C=C[C@H]4C3)cc2)o1. The van der Waals surface area contributed by atoms with E-state index in [2.05, 4.69) is 12.2 Å². The molecule has 1 saturated carbocycles. The third kappa shape index (κ3) is 2.93. The van der Waals surface area contributed by atoms with Gasteiger partial charge in [0.2, 0.25) is 17.6 Å². The molecule has 1 saturated heterocycles. The molecule has 0 spiro atoms. The molecule has 2 bridgehead atoms. The Balaban J connectivity index is 1.24. The molecule has 5 rings (SSSR count). The molecule has 7 heteroatoms. The highest BCUT2D eigenvalue weighted by molar-refractivity contribution is 6.22. The molecule has 2 aliphatic carbocycles. The van der Waals surface area contributed by atoms with Crippen LogP contribution >= 0.6 is 0 Å². The number of carbonyl (C=O) groups is 3. The predicted molar refractivity (Wildman–Crippen MR) is 106 cm³/mol. The van der Waals surface area contributed by atoms with Crippen molar-refractivity contribution in [2.45, 2.75) is 20.0 Å². The Labute approximate surface area is 173 Å². The number of hydrogen-bond donors (Lipinski definition) is 0. The van der Waals surface area contributed by atoms with E-state index in [1.165, 1.54) is 4.90 Å². The zero-order valence-electron chi connectivity index (χ0n) is 16.4. The third-order valence-corrected chi connectivity index (χ3v) is 6.08. The molecule has 1 aromatic carbocycles. The van der Waals surface area contributed by atoms with Crippen LogP contribution in [0.5, 0.6) is 5.75 Å². The highest BCUT2D eigenvalue weighted by Crippen LogP contribution is 2.53. The van der Waals surface area contributed by atoms with Crippen molar-refractivity contribution in [3.8, 4) is 5.75 Å². The Kier molecular flexibility index (Phi) is 4.46. The number of nitrogens with zero attached hydrogens (tertiary/aromatic N) is 1. The summed E-state index contributed by atoms with van der Waals surface area (Å²) in [5.74, 6) is 0.430. The molecule has 2 aromatic rings. The van der Waals surface area contributed by atoms with Gasteiger partial charge in [-0.25, -0.2) is 4.79 Å². The monoisotopic (exact) mass is 407 g/mol. The van der Waals surface area contributed by atoms with E-state index in [4.69, 9.17) is 13.9 Å². The summed E-state index contributed by atoms with van der Waals surface area (Å²) in [5.41, 5.74) is 0.564. The molecule has 2 amide bonds. The second-order valence-electron chi connectivity index (χ2n) is 7.78. The van der Waals surface area contributed by atoms with Crippen molar-refractivity contribution in [2.75, 3.05) is 11.5 Å². The van der Waals surface area contributed by atoms with Gasteiger partial charge in [-0.1, -0.05) is 12.2 Å². The maximum atomic E-state index is 12.9. The average molecular weight is 407 g/mol. The summed E-state index contributed by atoms with van der Waals surface area (Å²) < 4.78 is 16.0. The molecular formula is C23H21NO6. The Morgan fingerprint density at radius 3 is 2.33 bits per heavy atom. The molecule has 0 unspecified atom stereocenters. The molecule has 7 nitrogen and oxygen atoms in total. The van der Waals surface area contributed by atoms with Gasteiger partial charge in [-0.15, -0.1) is 0 Å². The van der Waals surface area contributed by atoms with Gasteiger partial charge in [0.05, 0.1) is 24.1 Å². The summed E-state index contributed by atoms with van der Waals surface area (Å²) >= 11 is 0. The van der Waals surface area contributed by atoms with Gasteiger partial charge in [-0.3, -0.25) is 14.5 Å². The summed E-state index contributed by atoms with van der Waals surface area (Å²) in [4.78, 5) is 38.7. The van der Waals surface area contributed by atoms with Crippen LogP contribution in [0.25, 0.3) is 0 Å². The number of fused-ring (bicyclic) bond motifs is 5. The van der Waals surface area contributed by atoms with Crippen LogP contribution in [-0.2, 0) is 20.9 Å². The number of furan rings is 1. The van der Waals surface area contributed by atoms with Crippen molar-refractivity contribution in [1.29, 1.82) is 0 Å². The fourth-order valence-electron chi connectivity index (χ4n) is 4.77. The number of anilines is 1. The standard InChI is InChI=1S/C23H21NO6/c1-2-28-23(27)18-10-9-17(30-18)12-29-16-7-5-15(6-8-16)24-21(25)19-13-3-4-14(11-13)20(19)22(24)26/h3-10,13-14,19-20H,2,11-12H2,1H3/t13-,14-,19-,20+/m0/s1. The number of allylic oxidation sites excluding steroid dienone is 2. The fraction of sp³-hybridized carbons (Fsp3) is 0.348. The number of benzene rings is 1. The van der Waals surface area contributed by atoms with Crippen molar-refractivity contribution in [2.24, 2.45) is 23.7 Å². The van der Waals surface area contributed by atoms with Crippen molar-refractivity contribution in [3.05, 3.63) is 60.1 Å². The topological polar surface area (TPSA) is 86.0 Å². The normalized spacial score (nSPS) is 26.4. The Morgan fingerprint density at radius 2 is 1.70 bits per heavy atom. The number of hydrogen-bond acceptors (Lipinski definition) is 6. The van der Waals surface area contributed by atoms with Gasteiger partial charge in [0, 0.05) is 0 Å². The summed E-state index contributed by atoms with van der Waals surface area (Å²) in [5, 5.41) is 0. The van der Waals surface area contributed by atoms with E-state index in [9.17, 15) is 14.4 Å². The molecular weight excluding hydrogens is 386 g/mol. The second kappa shape index (κ2) is 7.16. The quantitative estimate of drug-likeness (QED) is 0.415. The smallest absolute Gasteiger partial charge is 0.374 e. The number of rotatable bonds is 6. The molecule has 2 heterocycles. The molecule has 1 aromatic heterocycles. The molecule has 0 radical (unpaired) electrons. The minimum absolute atomic E-state index is 0.0994. The van der Waals surface area contributed by atoms with Gasteiger partial charge < -0.3 is 13.9 Å². The van der Waals surface area contributed by atoms with E-state index in [0.717, 1.165) is 6.42 Å². The first-order chi connectivity index (χ1) is 14.6. The Hall–Kier alpha value is -3.35. The molecule has 0 N–H and O–H groups in total. The van der Waals surface area contributed by atoms with Crippen molar-refractivity contribution in [1.82, 2.24) is 0 Å². The fourth-order valence-corrected chi connectivity index (χ4v) is 4.77. The van der Waals surface area contributed by atoms with Crippen LogP contribution in [0.4, 0.5) is 5.69 Å². The lowest BCUT2D eigenvalue weighted by atomic mass is 9.85. The highest BCUT2D eigenvalue weighted by atomic mass is 16.5. The average Bonchev–Trinajstić information content (AvgIpc) is 3.52. The molecule has 1 aliphatic heterocycles. The first-order valence-electron chi connectivity index (χ1n) is 10.1. The first-order valence-corrected chi connectivity index (χ1v) is 10.1. The molecule has 3 aliphatic rings. The summed E-state index contributed by atoms with van der Waals surface area (Å²) in [6.07, 6.45) is 5.08. The zero-order valence-corrected chi connectivity index (χ0v) is 16.4. The Morgan fingerprint density at radius 1 is 1.03 bits per heavy atom.